The van der Waals surface area contributed by atoms with Crippen molar-refractivity contribution in [2.75, 3.05) is 5.32 Å². The Hall–Kier alpha value is -2.84. The third-order valence-corrected chi connectivity index (χ3v) is 4.28. The molecule has 0 aliphatic heterocycles. The Morgan fingerprint density at radius 2 is 1.56 bits per heavy atom. The number of nitrogens with one attached hydrogen (secondary N) is 1. The molecule has 3 aromatic rings. The van der Waals surface area contributed by atoms with Gasteiger partial charge in [0, 0.05) is 16.3 Å². The molecule has 0 radical (unpaired) electrons. The number of carbonyl (C=O) groups is 1. The van der Waals surface area contributed by atoms with Gasteiger partial charge in [-0.15, -0.1) is 0 Å². The van der Waals surface area contributed by atoms with Crippen molar-refractivity contribution in [1.82, 2.24) is 0 Å². The quantitative estimate of drug-likeness (QED) is 0.467. The first-order chi connectivity index (χ1) is 12.1. The first-order valence-corrected chi connectivity index (χ1v) is 8.41. The van der Waals surface area contributed by atoms with E-state index in [1.807, 2.05) is 85.8 Å². The van der Waals surface area contributed by atoms with Gasteiger partial charge in [0.25, 0.3) is 5.91 Å². The van der Waals surface area contributed by atoms with Crippen molar-refractivity contribution >= 4 is 34.8 Å². The van der Waals surface area contributed by atoms with Crippen LogP contribution in [-0.4, -0.2) is 5.91 Å². The smallest absolute Gasteiger partial charge is 0.256 e. The van der Waals surface area contributed by atoms with Crippen LogP contribution < -0.4 is 5.32 Å². The molecule has 1 amide bonds. The molecule has 2 nitrogen and oxygen atoms in total. The summed E-state index contributed by atoms with van der Waals surface area (Å²) in [5, 5.41) is 3.57. The fourth-order valence-corrected chi connectivity index (χ4v) is 2.66. The molecule has 0 spiro atoms. The van der Waals surface area contributed by atoms with Crippen LogP contribution in [0.15, 0.2) is 78.9 Å². The van der Waals surface area contributed by atoms with E-state index in [-0.39, 0.29) is 5.91 Å². The molecule has 25 heavy (non-hydrogen) atoms. The molecule has 3 aromatic carbocycles. The molecule has 0 unspecified atom stereocenters. The number of benzene rings is 3. The number of carbonyl (C=O) groups excluding carboxylic acids is 1. The average Bonchev–Trinajstić information content (AvgIpc) is 2.64. The molecule has 0 aliphatic carbocycles. The molecule has 1 N–H and O–H groups in total. The standard InChI is InChI=1S/C22H18ClNO/c1-16-12-13-19(15-21(16)23)24-22(25)20(18-10-6-3-7-11-18)14-17-8-4-2-5-9-17/h2-15H,1H3,(H,24,25). The Kier molecular flexibility index (Phi) is 5.32. The largest absolute Gasteiger partial charge is 0.322 e. The molecule has 0 fully saturated rings. The summed E-state index contributed by atoms with van der Waals surface area (Å²) in [6.45, 7) is 1.93. The third kappa shape index (κ3) is 4.37. The Balaban J connectivity index is 1.95. The minimum absolute atomic E-state index is 0.171. The second-order valence-corrected chi connectivity index (χ2v) is 6.16. The van der Waals surface area contributed by atoms with Gasteiger partial charge in [0.1, 0.15) is 0 Å². The number of aryl methyl sites for hydroxylation is 1. The number of anilines is 1. The highest BCUT2D eigenvalue weighted by Gasteiger charge is 2.13. The molecular formula is C22H18ClNO. The fraction of sp³-hybridized carbons (Fsp3) is 0.0455. The summed E-state index contributed by atoms with van der Waals surface area (Å²) in [7, 11) is 0. The van der Waals surface area contributed by atoms with Crippen LogP contribution in [-0.2, 0) is 4.79 Å². The van der Waals surface area contributed by atoms with Crippen LogP contribution in [0.3, 0.4) is 0 Å². The maximum atomic E-state index is 12.9. The van der Waals surface area contributed by atoms with Gasteiger partial charge in [-0.2, -0.15) is 0 Å². The average molecular weight is 348 g/mol. The van der Waals surface area contributed by atoms with E-state index in [1.165, 1.54) is 0 Å². The van der Waals surface area contributed by atoms with Crippen LogP contribution in [0.5, 0.6) is 0 Å². The number of hydrogen-bond donors (Lipinski definition) is 1. The van der Waals surface area contributed by atoms with Crippen LogP contribution in [0, 0.1) is 6.92 Å². The lowest BCUT2D eigenvalue weighted by Gasteiger charge is -2.11. The van der Waals surface area contributed by atoms with Gasteiger partial charge >= 0.3 is 0 Å². The molecule has 0 saturated carbocycles. The predicted octanol–water partition coefficient (Wildman–Crippen LogP) is 5.83. The SMILES string of the molecule is Cc1ccc(NC(=O)C(=Cc2ccccc2)c2ccccc2)cc1Cl. The normalized spacial score (nSPS) is 11.2. The Morgan fingerprint density at radius 3 is 2.20 bits per heavy atom. The van der Waals surface area contributed by atoms with Crippen molar-refractivity contribution in [3.05, 3.63) is 101 Å². The molecule has 3 heteroatoms. The van der Waals surface area contributed by atoms with Gasteiger partial charge in [-0.1, -0.05) is 78.3 Å². The lowest BCUT2D eigenvalue weighted by molar-refractivity contribution is -0.111. The summed E-state index contributed by atoms with van der Waals surface area (Å²) >= 11 is 6.16. The summed E-state index contributed by atoms with van der Waals surface area (Å²) in [5.74, 6) is -0.171. The minimum Gasteiger partial charge on any atom is -0.322 e. The zero-order valence-corrected chi connectivity index (χ0v) is 14.6. The topological polar surface area (TPSA) is 29.1 Å². The van der Waals surface area contributed by atoms with E-state index in [0.29, 0.717) is 16.3 Å². The van der Waals surface area contributed by atoms with Gasteiger partial charge in [0.15, 0.2) is 0 Å². The predicted molar refractivity (Wildman–Crippen MR) is 106 cm³/mol. The first kappa shape index (κ1) is 17.0. The van der Waals surface area contributed by atoms with Gasteiger partial charge in [-0.25, -0.2) is 0 Å². The van der Waals surface area contributed by atoms with Crippen molar-refractivity contribution in [2.24, 2.45) is 0 Å². The number of amides is 1. The third-order valence-electron chi connectivity index (χ3n) is 3.87. The van der Waals surface area contributed by atoms with Crippen molar-refractivity contribution in [3.63, 3.8) is 0 Å². The molecular weight excluding hydrogens is 330 g/mol. The zero-order chi connectivity index (χ0) is 17.6. The highest BCUT2D eigenvalue weighted by Crippen LogP contribution is 2.23. The van der Waals surface area contributed by atoms with E-state index in [9.17, 15) is 4.79 Å². The molecule has 0 aromatic heterocycles. The molecule has 0 aliphatic rings. The second-order valence-electron chi connectivity index (χ2n) is 5.75. The van der Waals surface area contributed by atoms with E-state index in [2.05, 4.69) is 5.32 Å². The number of hydrogen-bond acceptors (Lipinski definition) is 1. The van der Waals surface area contributed by atoms with Gasteiger partial charge < -0.3 is 5.32 Å². The van der Waals surface area contributed by atoms with Crippen molar-refractivity contribution in [3.8, 4) is 0 Å². The summed E-state index contributed by atoms with van der Waals surface area (Å²) in [6.07, 6.45) is 1.89. The molecule has 124 valence electrons. The molecule has 0 atom stereocenters. The summed E-state index contributed by atoms with van der Waals surface area (Å²) < 4.78 is 0. The highest BCUT2D eigenvalue weighted by atomic mass is 35.5. The van der Waals surface area contributed by atoms with Crippen LogP contribution in [0.25, 0.3) is 11.6 Å². The van der Waals surface area contributed by atoms with Crippen LogP contribution >= 0.6 is 11.6 Å². The van der Waals surface area contributed by atoms with E-state index < -0.39 is 0 Å². The van der Waals surface area contributed by atoms with Gasteiger partial charge in [-0.3, -0.25) is 4.79 Å². The first-order valence-electron chi connectivity index (χ1n) is 8.03. The second kappa shape index (κ2) is 7.82. The van der Waals surface area contributed by atoms with Gasteiger partial charge in [0.2, 0.25) is 0 Å². The lowest BCUT2D eigenvalue weighted by Crippen LogP contribution is -2.13. The summed E-state index contributed by atoms with van der Waals surface area (Å²) in [5.41, 5.74) is 4.09. The van der Waals surface area contributed by atoms with E-state index in [1.54, 1.807) is 6.07 Å². The molecule has 0 bridgehead atoms. The van der Waals surface area contributed by atoms with Crippen molar-refractivity contribution in [1.29, 1.82) is 0 Å². The van der Waals surface area contributed by atoms with Gasteiger partial charge in [0.05, 0.1) is 0 Å². The van der Waals surface area contributed by atoms with E-state index in [0.717, 1.165) is 16.7 Å². The Morgan fingerprint density at radius 1 is 0.920 bits per heavy atom. The van der Waals surface area contributed by atoms with Crippen molar-refractivity contribution < 1.29 is 4.79 Å². The van der Waals surface area contributed by atoms with Crippen molar-refractivity contribution in [2.45, 2.75) is 6.92 Å². The Labute approximate surface area is 152 Å². The van der Waals surface area contributed by atoms with Crippen LogP contribution in [0.2, 0.25) is 5.02 Å². The van der Waals surface area contributed by atoms with Crippen LogP contribution in [0.4, 0.5) is 5.69 Å². The maximum Gasteiger partial charge on any atom is 0.256 e. The maximum absolute atomic E-state index is 12.9. The van der Waals surface area contributed by atoms with E-state index >= 15 is 0 Å². The molecule has 0 heterocycles. The van der Waals surface area contributed by atoms with Gasteiger partial charge in [-0.05, 0) is 41.8 Å². The number of halogens is 1. The highest BCUT2D eigenvalue weighted by molar-refractivity contribution is 6.32. The lowest BCUT2D eigenvalue weighted by atomic mass is 10.0. The Bertz CT molecular complexity index is 902. The molecule has 3 rings (SSSR count). The number of rotatable bonds is 4. The summed E-state index contributed by atoms with van der Waals surface area (Å²) in [6, 6.07) is 24.9. The summed E-state index contributed by atoms with van der Waals surface area (Å²) in [4.78, 5) is 12.9. The monoisotopic (exact) mass is 347 g/mol. The molecule has 0 saturated heterocycles. The van der Waals surface area contributed by atoms with Crippen LogP contribution in [0.1, 0.15) is 16.7 Å². The fourth-order valence-electron chi connectivity index (χ4n) is 2.48. The zero-order valence-electron chi connectivity index (χ0n) is 13.9. The minimum atomic E-state index is -0.171. The van der Waals surface area contributed by atoms with E-state index in [4.69, 9.17) is 11.6 Å².